The van der Waals surface area contributed by atoms with Gasteiger partial charge in [-0.15, -0.1) is 0 Å². The molecule has 2 N–H and O–H groups in total. The van der Waals surface area contributed by atoms with E-state index in [1.807, 2.05) is 12.1 Å². The Morgan fingerprint density at radius 2 is 1.44 bits per heavy atom. The third kappa shape index (κ3) is 5.71. The van der Waals surface area contributed by atoms with Crippen LogP contribution in [0.25, 0.3) is 0 Å². The number of rotatable bonds is 8. The van der Waals surface area contributed by atoms with Crippen molar-refractivity contribution >= 4 is 22.6 Å². The first-order valence-electron chi connectivity index (χ1n) is 9.12. The molecule has 0 aromatic heterocycles. The molecule has 0 spiro atoms. The molecule has 0 heterocycles. The van der Waals surface area contributed by atoms with Gasteiger partial charge in [-0.25, -0.2) is 0 Å². The predicted octanol–water partition coefficient (Wildman–Crippen LogP) is 3.83. The van der Waals surface area contributed by atoms with Gasteiger partial charge in [0.2, 0.25) is 0 Å². The highest BCUT2D eigenvalue weighted by molar-refractivity contribution is 14.1. The highest BCUT2D eigenvalue weighted by Gasteiger charge is 2.15. The number of nitrogens with one attached hydrogen (secondary N) is 1. The summed E-state index contributed by atoms with van der Waals surface area (Å²) in [6.45, 7) is 2.89. The number of phenolic OH excluding ortho intramolecular Hbond substituents is 1. The minimum absolute atomic E-state index is 0.218. The van der Waals surface area contributed by atoms with Crippen LogP contribution < -0.4 is 9.64 Å². The second-order valence-corrected chi connectivity index (χ2v) is 7.87. The van der Waals surface area contributed by atoms with Crippen LogP contribution in [0.4, 0.5) is 0 Å². The fourth-order valence-electron chi connectivity index (χ4n) is 3.26. The summed E-state index contributed by atoms with van der Waals surface area (Å²) < 4.78 is 6.15. The van der Waals surface area contributed by atoms with E-state index >= 15 is 0 Å². The predicted molar refractivity (Wildman–Crippen MR) is 117 cm³/mol. The quantitative estimate of drug-likeness (QED) is 0.487. The van der Waals surface area contributed by atoms with Gasteiger partial charge in [-0.05, 0) is 40.3 Å². The maximum Gasteiger partial charge on any atom is 0.171 e. The van der Waals surface area contributed by atoms with Crippen molar-refractivity contribution in [2.24, 2.45) is 0 Å². The number of ether oxygens (including phenoxy) is 1. The highest BCUT2D eigenvalue weighted by Crippen LogP contribution is 2.32. The Morgan fingerprint density at radius 1 is 0.852 bits per heavy atom. The maximum atomic E-state index is 10.1. The number of hydrogen-bond donors (Lipinski definition) is 2. The average Bonchev–Trinajstić information content (AvgIpc) is 2.70. The van der Waals surface area contributed by atoms with Crippen molar-refractivity contribution in [1.82, 2.24) is 0 Å². The van der Waals surface area contributed by atoms with Crippen LogP contribution in [0.2, 0.25) is 0 Å². The molecule has 0 bridgehead atoms. The zero-order valence-electron chi connectivity index (χ0n) is 15.5. The summed E-state index contributed by atoms with van der Waals surface area (Å²) in [7, 11) is 1.60. The van der Waals surface area contributed by atoms with E-state index in [9.17, 15) is 5.11 Å². The van der Waals surface area contributed by atoms with Crippen molar-refractivity contribution in [3.8, 4) is 11.5 Å². The first kappa shape index (κ1) is 19.7. The van der Waals surface area contributed by atoms with Gasteiger partial charge in [0.1, 0.15) is 13.1 Å². The minimum Gasteiger partial charge on any atom is -0.504 e. The molecule has 4 heteroatoms. The Hall–Kier alpha value is -2.05. The van der Waals surface area contributed by atoms with E-state index in [2.05, 4.69) is 83.3 Å². The monoisotopic (exact) mass is 474 g/mol. The lowest BCUT2D eigenvalue weighted by Gasteiger charge is -2.21. The van der Waals surface area contributed by atoms with Crippen LogP contribution in [0.1, 0.15) is 16.7 Å². The number of aromatic hydroxyl groups is 1. The summed E-state index contributed by atoms with van der Waals surface area (Å²) in [5.41, 5.74) is 3.87. The summed E-state index contributed by atoms with van der Waals surface area (Å²) in [6.07, 6.45) is 1.04. The first-order chi connectivity index (χ1) is 13.2. The molecule has 3 nitrogen and oxygen atoms in total. The van der Waals surface area contributed by atoms with Crippen molar-refractivity contribution in [1.29, 1.82) is 0 Å². The van der Waals surface area contributed by atoms with E-state index in [1.54, 1.807) is 7.11 Å². The van der Waals surface area contributed by atoms with Gasteiger partial charge in [-0.2, -0.15) is 0 Å². The van der Waals surface area contributed by atoms with Crippen LogP contribution in [0, 0.1) is 3.57 Å². The minimum atomic E-state index is 0.218. The molecule has 3 rings (SSSR count). The molecule has 27 heavy (non-hydrogen) atoms. The lowest BCUT2D eigenvalue weighted by atomic mass is 10.1. The van der Waals surface area contributed by atoms with Crippen LogP contribution in [-0.2, 0) is 19.5 Å². The molecule has 0 aliphatic carbocycles. The largest absolute Gasteiger partial charge is 0.504 e. The third-order valence-corrected chi connectivity index (χ3v) is 5.49. The second kappa shape index (κ2) is 9.76. The molecule has 3 aromatic rings. The molecule has 1 unspecified atom stereocenters. The second-order valence-electron chi connectivity index (χ2n) is 6.70. The van der Waals surface area contributed by atoms with E-state index < -0.39 is 0 Å². The van der Waals surface area contributed by atoms with E-state index in [0.717, 1.165) is 29.6 Å². The molecule has 3 aromatic carbocycles. The van der Waals surface area contributed by atoms with Gasteiger partial charge in [0.25, 0.3) is 0 Å². The zero-order valence-corrected chi connectivity index (χ0v) is 17.6. The van der Waals surface area contributed by atoms with Crippen LogP contribution >= 0.6 is 22.6 Å². The Bertz CT molecular complexity index is 853. The van der Waals surface area contributed by atoms with Gasteiger partial charge >= 0.3 is 0 Å². The molecule has 0 aliphatic heterocycles. The summed E-state index contributed by atoms with van der Waals surface area (Å²) in [4.78, 5) is 1.48. The van der Waals surface area contributed by atoms with Gasteiger partial charge < -0.3 is 14.7 Å². The molecule has 140 valence electrons. The molecule has 0 aliphatic rings. The first-order valence-corrected chi connectivity index (χ1v) is 10.2. The lowest BCUT2D eigenvalue weighted by molar-refractivity contribution is -0.927. The topological polar surface area (TPSA) is 33.9 Å². The van der Waals surface area contributed by atoms with Crippen LogP contribution in [0.5, 0.6) is 11.5 Å². The summed E-state index contributed by atoms with van der Waals surface area (Å²) in [5.74, 6) is 0.759. The number of methoxy groups -OCH3 is 1. The average molecular weight is 474 g/mol. The Kier molecular flexibility index (Phi) is 7.12. The van der Waals surface area contributed by atoms with Crippen molar-refractivity contribution in [3.63, 3.8) is 0 Å². The third-order valence-electron chi connectivity index (χ3n) is 4.67. The number of benzene rings is 3. The van der Waals surface area contributed by atoms with Gasteiger partial charge in [0.05, 0.1) is 17.2 Å². The summed E-state index contributed by atoms with van der Waals surface area (Å²) >= 11 is 2.16. The number of halogens is 1. The summed E-state index contributed by atoms with van der Waals surface area (Å²) in [5, 5.41) is 10.1. The fraction of sp³-hybridized carbons (Fsp3) is 0.217. The molecule has 0 amide bonds. The van der Waals surface area contributed by atoms with Crippen molar-refractivity contribution in [2.75, 3.05) is 13.7 Å². The molecule has 0 fully saturated rings. The van der Waals surface area contributed by atoms with Gasteiger partial charge in [0, 0.05) is 17.5 Å². The van der Waals surface area contributed by atoms with Crippen molar-refractivity contribution < 1.29 is 14.7 Å². The van der Waals surface area contributed by atoms with Crippen molar-refractivity contribution in [2.45, 2.75) is 19.5 Å². The smallest absolute Gasteiger partial charge is 0.171 e. The normalized spacial score (nSPS) is 11.9. The van der Waals surface area contributed by atoms with Crippen LogP contribution in [0.3, 0.4) is 0 Å². The molecule has 0 radical (unpaired) electrons. The fourth-order valence-corrected chi connectivity index (χ4v) is 3.93. The van der Waals surface area contributed by atoms with Crippen LogP contribution in [0.15, 0.2) is 72.8 Å². The highest BCUT2D eigenvalue weighted by atomic mass is 127. The van der Waals surface area contributed by atoms with Crippen LogP contribution in [-0.4, -0.2) is 18.8 Å². The standard InChI is InChI=1S/C23H24INO2/c1-27-22-15-20(14-21(24)23(22)26)17-25(16-19-10-6-3-7-11-19)13-12-18-8-4-2-5-9-18/h2-11,14-15,26H,12-13,16-17H2,1H3/p+1. The summed E-state index contributed by atoms with van der Waals surface area (Å²) in [6, 6.07) is 25.2. The molecular weight excluding hydrogens is 449 g/mol. The molecule has 0 saturated carbocycles. The van der Waals surface area contributed by atoms with Gasteiger partial charge in [0.15, 0.2) is 11.5 Å². The van der Waals surface area contributed by atoms with E-state index in [4.69, 9.17) is 4.74 Å². The number of phenols is 1. The van der Waals surface area contributed by atoms with Gasteiger partial charge in [-0.1, -0.05) is 60.7 Å². The number of hydrogen-bond acceptors (Lipinski definition) is 2. The van der Waals surface area contributed by atoms with E-state index in [0.29, 0.717) is 5.75 Å². The van der Waals surface area contributed by atoms with Gasteiger partial charge in [-0.3, -0.25) is 0 Å². The van der Waals surface area contributed by atoms with E-state index in [-0.39, 0.29) is 5.75 Å². The lowest BCUT2D eigenvalue weighted by Crippen LogP contribution is -3.09. The zero-order chi connectivity index (χ0) is 19.1. The number of quaternary nitrogens is 1. The molecular formula is C23H25INO2+. The Morgan fingerprint density at radius 3 is 2.07 bits per heavy atom. The van der Waals surface area contributed by atoms with Crippen molar-refractivity contribution in [3.05, 3.63) is 93.1 Å². The Balaban J connectivity index is 1.77. The molecule has 1 atom stereocenters. The van der Waals surface area contributed by atoms with E-state index in [1.165, 1.54) is 21.6 Å². The molecule has 0 saturated heterocycles. The Labute approximate surface area is 174 Å². The SMILES string of the molecule is COc1cc(C[NH+](CCc2ccccc2)Cc2ccccc2)cc(I)c1O. The maximum absolute atomic E-state index is 10.1.